The second kappa shape index (κ2) is 7.63. The molecule has 0 unspecified atom stereocenters. The van der Waals surface area contributed by atoms with Crippen LogP contribution in [0.4, 0.5) is 0 Å². The van der Waals surface area contributed by atoms with Gasteiger partial charge in [0.15, 0.2) is 0 Å². The Morgan fingerprint density at radius 3 is 2.08 bits per heavy atom. The summed E-state index contributed by atoms with van der Waals surface area (Å²) in [5.74, 6) is 1.09. The van der Waals surface area contributed by atoms with E-state index < -0.39 is 0 Å². The van der Waals surface area contributed by atoms with Crippen LogP contribution in [0.1, 0.15) is 46.0 Å². The van der Waals surface area contributed by atoms with Crippen LogP contribution in [-0.4, -0.2) is 20.4 Å². The van der Waals surface area contributed by atoms with Crippen molar-refractivity contribution in [2.45, 2.75) is 54.5 Å². The first-order valence-electron chi connectivity index (χ1n) is 5.36. The molecule has 70 valence electrons. The minimum atomic E-state index is 0. The molecule has 0 saturated heterocycles. The topological polar surface area (TPSA) is 0 Å². The molecule has 0 spiro atoms. The molecule has 2 heteroatoms. The first-order valence-corrected chi connectivity index (χ1v) is 7.18. The van der Waals surface area contributed by atoms with Crippen LogP contribution in [0.5, 0.6) is 0 Å². The Labute approximate surface area is 97.4 Å². The molecule has 1 rings (SSSR count). The lowest BCUT2D eigenvalue weighted by Gasteiger charge is -2.27. The van der Waals surface area contributed by atoms with Crippen molar-refractivity contribution in [2.75, 3.05) is 0 Å². The zero-order valence-electron chi connectivity index (χ0n) is 8.51. The molecule has 0 nitrogen and oxygen atoms in total. The van der Waals surface area contributed by atoms with Gasteiger partial charge in [-0.15, -0.1) is 25.6 Å². The molecule has 0 aromatic heterocycles. The maximum atomic E-state index is 2.37. The van der Waals surface area contributed by atoms with Crippen molar-refractivity contribution in [3.63, 3.8) is 0 Å². The van der Waals surface area contributed by atoms with Crippen LogP contribution in [0.25, 0.3) is 0 Å². The van der Waals surface area contributed by atoms with E-state index in [1.54, 1.807) is 25.7 Å². The first-order chi connectivity index (χ1) is 5.36. The van der Waals surface area contributed by atoms with E-state index in [2.05, 4.69) is 13.8 Å². The molecule has 1 saturated carbocycles. The highest BCUT2D eigenvalue weighted by atomic mass is 79.9. The van der Waals surface area contributed by atoms with Gasteiger partial charge in [-0.25, -0.2) is 0 Å². The highest BCUT2D eigenvalue weighted by Gasteiger charge is 2.19. The minimum absolute atomic E-state index is 0. The second-order valence-corrected chi connectivity index (χ2v) is 6.82. The van der Waals surface area contributed by atoms with Crippen LogP contribution in [0.3, 0.4) is 0 Å². The van der Waals surface area contributed by atoms with Gasteiger partial charge < -0.3 is 0 Å². The monoisotopic (exact) mass is 244 g/mol. The number of hydrogen-bond donors (Lipinski definition) is 0. The molecule has 0 aromatic rings. The van der Waals surface area contributed by atoms with Crippen LogP contribution >= 0.6 is 17.0 Å². The molecule has 1 fully saturated rings. The van der Waals surface area contributed by atoms with Gasteiger partial charge in [-0.3, -0.25) is 0 Å². The molecule has 1 aliphatic rings. The first kappa shape index (κ1) is 13.2. The molecule has 12 heavy (non-hydrogen) atoms. The van der Waals surface area contributed by atoms with Crippen molar-refractivity contribution < 1.29 is 0 Å². The standard InChI is InChI=1S/C8H15.C2H5.BrH.Mg/c1-2-8-6-4-3-5-7-8;1-2;;/h3,8H,2,4-7H2,1H3;1H2,2H3;1H;. The molecule has 0 atom stereocenters. The minimum Gasteiger partial charge on any atom is -0.148 e. The fraction of sp³-hybridized carbons (Fsp3) is 1.00. The van der Waals surface area contributed by atoms with E-state index in [0.717, 1.165) is 5.92 Å². The molecular formula is C10H21BrMg. The van der Waals surface area contributed by atoms with Crippen molar-refractivity contribution in [1.29, 1.82) is 0 Å². The Hall–Kier alpha value is 1.25. The fourth-order valence-corrected chi connectivity index (χ4v) is 4.20. The average Bonchev–Trinajstić information content (AvgIpc) is 2.07. The summed E-state index contributed by atoms with van der Waals surface area (Å²) in [7, 11) is 0. The van der Waals surface area contributed by atoms with Crippen molar-refractivity contribution >= 4 is 37.3 Å². The van der Waals surface area contributed by atoms with Gasteiger partial charge in [0.2, 0.25) is 0 Å². The highest BCUT2D eigenvalue weighted by molar-refractivity contribution is 8.93. The maximum absolute atomic E-state index is 2.37. The lowest BCUT2D eigenvalue weighted by molar-refractivity contribution is 0.348. The quantitative estimate of drug-likeness (QED) is 0.657. The number of hydrogen-bond acceptors (Lipinski definition) is 0. The van der Waals surface area contributed by atoms with Gasteiger partial charge in [0.25, 0.3) is 0 Å². The van der Waals surface area contributed by atoms with E-state index in [9.17, 15) is 0 Å². The number of rotatable bonds is 3. The Morgan fingerprint density at radius 2 is 1.67 bits per heavy atom. The van der Waals surface area contributed by atoms with Gasteiger partial charge in [0, 0.05) is 0 Å². The molecule has 0 heterocycles. The Balaban J connectivity index is 0.00000121. The van der Waals surface area contributed by atoms with Gasteiger partial charge in [-0.1, -0.05) is 46.0 Å². The lowest BCUT2D eigenvalue weighted by Crippen LogP contribution is -2.13. The maximum Gasteiger partial charge on any atom is 0.368 e. The lowest BCUT2D eigenvalue weighted by atomic mass is 9.87. The van der Waals surface area contributed by atoms with Gasteiger partial charge >= 0.3 is 20.4 Å². The van der Waals surface area contributed by atoms with Crippen LogP contribution in [0.15, 0.2) is 0 Å². The third-order valence-electron chi connectivity index (χ3n) is 3.24. The molecule has 1 aliphatic carbocycles. The zero-order chi connectivity index (χ0) is 8.10. The summed E-state index contributed by atoms with van der Waals surface area (Å²) < 4.78 is 2.75. The van der Waals surface area contributed by atoms with Crippen molar-refractivity contribution in [2.24, 2.45) is 5.92 Å². The second-order valence-electron chi connectivity index (χ2n) is 4.08. The molecule has 0 aromatic carbocycles. The van der Waals surface area contributed by atoms with Gasteiger partial charge in [-0.2, -0.15) is 0 Å². The van der Waals surface area contributed by atoms with E-state index in [0.29, 0.717) is 20.4 Å². The van der Waals surface area contributed by atoms with E-state index in [4.69, 9.17) is 0 Å². The Bertz CT molecular complexity index is 98.0. The summed E-state index contributed by atoms with van der Waals surface area (Å²) in [5, 5.41) is 0. The molecule has 0 N–H and O–H groups in total. The molecule has 0 amide bonds. The summed E-state index contributed by atoms with van der Waals surface area (Å²) in [6.07, 6.45) is 7.69. The largest absolute Gasteiger partial charge is 0.368 e. The normalized spacial score (nSPS) is 28.8. The van der Waals surface area contributed by atoms with Gasteiger partial charge in [0.05, 0.1) is 0 Å². The Morgan fingerprint density at radius 1 is 1.08 bits per heavy atom. The summed E-state index contributed by atoms with van der Waals surface area (Å²) in [6, 6.07) is 0. The van der Waals surface area contributed by atoms with E-state index in [1.165, 1.54) is 15.0 Å². The SMILES string of the molecule is Br.C[CH2][Mg][CH]1CCC(CC)CC1. The van der Waals surface area contributed by atoms with Gasteiger partial charge in [0.1, 0.15) is 0 Å². The van der Waals surface area contributed by atoms with E-state index in [-0.39, 0.29) is 17.0 Å². The van der Waals surface area contributed by atoms with Gasteiger partial charge in [-0.05, 0) is 5.92 Å². The Kier molecular flexibility index (Phi) is 8.42. The van der Waals surface area contributed by atoms with E-state index >= 15 is 0 Å². The summed E-state index contributed by atoms with van der Waals surface area (Å²) in [4.78, 5) is 0. The van der Waals surface area contributed by atoms with Crippen LogP contribution in [0, 0.1) is 5.92 Å². The average molecular weight is 245 g/mol. The smallest absolute Gasteiger partial charge is 0.148 e. The van der Waals surface area contributed by atoms with E-state index in [1.807, 2.05) is 0 Å². The zero-order valence-corrected chi connectivity index (χ0v) is 11.6. The van der Waals surface area contributed by atoms with Crippen molar-refractivity contribution in [3.8, 4) is 0 Å². The van der Waals surface area contributed by atoms with Crippen molar-refractivity contribution in [3.05, 3.63) is 0 Å². The summed E-state index contributed by atoms with van der Waals surface area (Å²) >= 11 is 0.346. The van der Waals surface area contributed by atoms with Crippen LogP contribution in [-0.2, 0) is 0 Å². The summed E-state index contributed by atoms with van der Waals surface area (Å²) in [6.45, 7) is 4.72. The molecule has 0 bridgehead atoms. The molecule has 0 radical (unpaired) electrons. The van der Waals surface area contributed by atoms with Crippen molar-refractivity contribution in [1.82, 2.24) is 0 Å². The fourth-order valence-electron chi connectivity index (χ4n) is 2.34. The van der Waals surface area contributed by atoms with Crippen LogP contribution < -0.4 is 0 Å². The third kappa shape index (κ3) is 4.47. The predicted octanol–water partition coefficient (Wildman–Crippen LogP) is 4.10. The number of halogens is 1. The predicted molar refractivity (Wildman–Crippen MR) is 62.6 cm³/mol. The highest BCUT2D eigenvalue weighted by Crippen LogP contribution is 2.33. The molecule has 0 aliphatic heterocycles. The van der Waals surface area contributed by atoms with Crippen LogP contribution in [0.2, 0.25) is 8.60 Å². The third-order valence-corrected chi connectivity index (χ3v) is 5.45. The molecular weight excluding hydrogens is 224 g/mol. The summed E-state index contributed by atoms with van der Waals surface area (Å²) in [5.41, 5.74) is 0.